The first kappa shape index (κ1) is 24.3. The van der Waals surface area contributed by atoms with Gasteiger partial charge in [0.25, 0.3) is 5.91 Å². The molecule has 160 valence electrons. The van der Waals surface area contributed by atoms with E-state index < -0.39 is 0 Å². The fraction of sp³-hybridized carbons (Fsp3) is 0.545. The minimum atomic E-state index is -0.230. The van der Waals surface area contributed by atoms with Gasteiger partial charge in [-0.15, -0.1) is 0 Å². The highest BCUT2D eigenvalue weighted by atomic mass is 16.5. The summed E-state index contributed by atoms with van der Waals surface area (Å²) in [6.07, 6.45) is 5.76. The van der Waals surface area contributed by atoms with Crippen LogP contribution in [0.4, 0.5) is 0 Å². The lowest BCUT2D eigenvalue weighted by Crippen LogP contribution is -2.24. The third-order valence-corrected chi connectivity index (χ3v) is 4.55. The van der Waals surface area contributed by atoms with E-state index >= 15 is 0 Å². The van der Waals surface area contributed by atoms with Crippen molar-refractivity contribution >= 4 is 23.6 Å². The predicted molar refractivity (Wildman–Crippen MR) is 109 cm³/mol. The lowest BCUT2D eigenvalue weighted by molar-refractivity contribution is -0.141. The van der Waals surface area contributed by atoms with Crippen molar-refractivity contribution in [2.75, 3.05) is 20.8 Å². The van der Waals surface area contributed by atoms with E-state index in [-0.39, 0.29) is 23.6 Å². The Kier molecular flexibility index (Phi) is 12.0. The van der Waals surface area contributed by atoms with Gasteiger partial charge in [-0.2, -0.15) is 0 Å². The molecule has 0 radical (unpaired) electrons. The smallest absolute Gasteiger partial charge is 0.305 e. The van der Waals surface area contributed by atoms with Gasteiger partial charge in [-0.05, 0) is 37.8 Å². The minimum Gasteiger partial charge on any atom is -0.469 e. The van der Waals surface area contributed by atoms with Crippen LogP contribution in [0.1, 0.15) is 78.5 Å². The summed E-state index contributed by atoms with van der Waals surface area (Å²) in [6.45, 7) is 0.534. The van der Waals surface area contributed by atoms with Gasteiger partial charge in [-0.25, -0.2) is 0 Å². The Morgan fingerprint density at radius 1 is 0.690 bits per heavy atom. The maximum atomic E-state index is 12.2. The number of carbonyl (C=O) groups excluding carboxylic acids is 4. The van der Waals surface area contributed by atoms with E-state index in [0.717, 1.165) is 25.7 Å². The van der Waals surface area contributed by atoms with Crippen LogP contribution >= 0.6 is 0 Å². The van der Waals surface area contributed by atoms with Crippen LogP contribution < -0.4 is 5.32 Å². The molecule has 1 aromatic rings. The first-order valence-electron chi connectivity index (χ1n) is 10.0. The molecule has 0 unspecified atom stereocenters. The Morgan fingerprint density at radius 2 is 1.17 bits per heavy atom. The average Bonchev–Trinajstić information content (AvgIpc) is 2.75. The van der Waals surface area contributed by atoms with Crippen molar-refractivity contribution in [3.63, 3.8) is 0 Å². The molecule has 1 aromatic carbocycles. The number of hydrogen-bond donors (Lipinski definition) is 1. The van der Waals surface area contributed by atoms with Crippen molar-refractivity contribution in [2.45, 2.75) is 57.8 Å². The van der Waals surface area contributed by atoms with Gasteiger partial charge in [-0.1, -0.05) is 25.0 Å². The molecule has 0 spiro atoms. The van der Waals surface area contributed by atoms with Gasteiger partial charge in [0.15, 0.2) is 5.78 Å². The number of carbonyl (C=O) groups is 4. The van der Waals surface area contributed by atoms with Gasteiger partial charge in [0.1, 0.15) is 0 Å². The molecule has 0 aliphatic carbocycles. The van der Waals surface area contributed by atoms with Crippen LogP contribution in [-0.2, 0) is 19.1 Å². The lowest BCUT2D eigenvalue weighted by Gasteiger charge is -2.06. The van der Waals surface area contributed by atoms with E-state index in [2.05, 4.69) is 14.8 Å². The summed E-state index contributed by atoms with van der Waals surface area (Å²) < 4.78 is 9.15. The number of esters is 2. The van der Waals surface area contributed by atoms with E-state index in [0.29, 0.717) is 49.8 Å². The maximum absolute atomic E-state index is 12.2. The van der Waals surface area contributed by atoms with Crippen molar-refractivity contribution in [2.24, 2.45) is 0 Å². The van der Waals surface area contributed by atoms with Crippen molar-refractivity contribution < 1.29 is 28.7 Å². The molecular weight excluding hydrogens is 374 g/mol. The van der Waals surface area contributed by atoms with Gasteiger partial charge in [0, 0.05) is 36.9 Å². The van der Waals surface area contributed by atoms with E-state index in [9.17, 15) is 19.2 Å². The summed E-state index contributed by atoms with van der Waals surface area (Å²) in [5.41, 5.74) is 1.09. The second kappa shape index (κ2) is 14.3. The Hall–Kier alpha value is -2.70. The third kappa shape index (κ3) is 10.4. The van der Waals surface area contributed by atoms with E-state index in [1.807, 2.05) is 0 Å². The Labute approximate surface area is 172 Å². The van der Waals surface area contributed by atoms with E-state index in [1.165, 1.54) is 14.2 Å². The molecule has 0 aliphatic rings. The fourth-order valence-corrected chi connectivity index (χ4v) is 2.76. The number of amides is 1. The van der Waals surface area contributed by atoms with Crippen molar-refractivity contribution in [1.29, 1.82) is 0 Å². The third-order valence-electron chi connectivity index (χ3n) is 4.55. The number of unbranched alkanes of at least 4 members (excludes halogenated alkanes) is 4. The molecule has 1 amide bonds. The first-order chi connectivity index (χ1) is 14.0. The average molecular weight is 405 g/mol. The molecule has 1 rings (SSSR count). The highest BCUT2D eigenvalue weighted by molar-refractivity contribution is 5.98. The number of benzene rings is 1. The predicted octanol–water partition coefficient (Wildman–Crippen LogP) is 3.46. The summed E-state index contributed by atoms with van der Waals surface area (Å²) in [5.74, 6) is -0.600. The SMILES string of the molecule is COC(=O)CCCCCNC(=O)c1ccc(C(=O)CCCCCC(=O)OC)cc1. The van der Waals surface area contributed by atoms with Crippen LogP contribution in [0.2, 0.25) is 0 Å². The van der Waals surface area contributed by atoms with Gasteiger partial charge in [0.05, 0.1) is 14.2 Å². The molecule has 0 atom stereocenters. The number of Topliss-reactive ketones (excluding diaryl/α,β-unsaturated/α-hetero) is 1. The molecule has 0 saturated heterocycles. The van der Waals surface area contributed by atoms with Crippen molar-refractivity contribution in [3.05, 3.63) is 35.4 Å². The standard InChI is InChI=1S/C22H31NO6/c1-28-20(25)10-6-3-5-9-19(24)17-12-14-18(15-13-17)22(27)23-16-8-4-7-11-21(26)29-2/h12-15H,3-11,16H2,1-2H3,(H,23,27). The Bertz CT molecular complexity index is 668. The van der Waals surface area contributed by atoms with Gasteiger partial charge in [0.2, 0.25) is 0 Å². The summed E-state index contributed by atoms with van der Waals surface area (Å²) >= 11 is 0. The molecule has 0 bridgehead atoms. The minimum absolute atomic E-state index is 0.0284. The zero-order chi connectivity index (χ0) is 21.5. The first-order valence-corrected chi connectivity index (χ1v) is 10.0. The molecule has 7 heteroatoms. The normalized spacial score (nSPS) is 10.3. The second-order valence-electron chi connectivity index (χ2n) is 6.78. The molecular formula is C22H31NO6. The molecule has 0 saturated carbocycles. The monoisotopic (exact) mass is 405 g/mol. The molecule has 1 N–H and O–H groups in total. The van der Waals surface area contributed by atoms with Crippen molar-refractivity contribution in [1.82, 2.24) is 5.32 Å². The zero-order valence-corrected chi connectivity index (χ0v) is 17.3. The number of ketones is 1. The summed E-state index contributed by atoms with van der Waals surface area (Å²) in [6, 6.07) is 6.64. The highest BCUT2D eigenvalue weighted by Crippen LogP contribution is 2.11. The quantitative estimate of drug-likeness (QED) is 0.289. The van der Waals surface area contributed by atoms with Gasteiger partial charge in [-0.3, -0.25) is 19.2 Å². The van der Waals surface area contributed by atoms with Gasteiger partial charge >= 0.3 is 11.9 Å². The fourth-order valence-electron chi connectivity index (χ4n) is 2.76. The van der Waals surface area contributed by atoms with Crippen LogP contribution in [0.15, 0.2) is 24.3 Å². The molecule has 0 aromatic heterocycles. The summed E-state index contributed by atoms with van der Waals surface area (Å²) in [5, 5.41) is 2.83. The highest BCUT2D eigenvalue weighted by Gasteiger charge is 2.09. The van der Waals surface area contributed by atoms with Crippen LogP contribution in [0.25, 0.3) is 0 Å². The molecule has 0 aliphatic heterocycles. The number of hydrogen-bond acceptors (Lipinski definition) is 6. The van der Waals surface area contributed by atoms with Gasteiger partial charge < -0.3 is 14.8 Å². The second-order valence-corrected chi connectivity index (χ2v) is 6.78. The topological polar surface area (TPSA) is 98.8 Å². The van der Waals surface area contributed by atoms with Crippen LogP contribution in [-0.4, -0.2) is 44.4 Å². The number of ether oxygens (including phenoxy) is 2. The van der Waals surface area contributed by atoms with E-state index in [1.54, 1.807) is 24.3 Å². The van der Waals surface area contributed by atoms with E-state index in [4.69, 9.17) is 0 Å². The van der Waals surface area contributed by atoms with Crippen LogP contribution in [0.3, 0.4) is 0 Å². The number of nitrogens with one attached hydrogen (secondary N) is 1. The molecule has 29 heavy (non-hydrogen) atoms. The number of rotatable bonds is 14. The maximum Gasteiger partial charge on any atom is 0.305 e. The summed E-state index contributed by atoms with van der Waals surface area (Å²) in [7, 11) is 2.73. The van der Waals surface area contributed by atoms with Crippen LogP contribution in [0.5, 0.6) is 0 Å². The molecule has 7 nitrogen and oxygen atoms in total. The van der Waals surface area contributed by atoms with Crippen LogP contribution in [0, 0.1) is 0 Å². The Balaban J connectivity index is 2.26. The molecule has 0 fully saturated rings. The lowest BCUT2D eigenvalue weighted by atomic mass is 10.0. The zero-order valence-electron chi connectivity index (χ0n) is 17.3. The Morgan fingerprint density at radius 3 is 1.72 bits per heavy atom. The summed E-state index contributed by atoms with van der Waals surface area (Å²) in [4.78, 5) is 46.4. The molecule has 0 heterocycles. The van der Waals surface area contributed by atoms with Crippen molar-refractivity contribution in [3.8, 4) is 0 Å². The largest absolute Gasteiger partial charge is 0.469 e. The number of methoxy groups -OCH3 is 2.